The van der Waals surface area contributed by atoms with Gasteiger partial charge in [0.2, 0.25) is 5.82 Å². The minimum Gasteiger partial charge on any atom is -0.481 e. The average Bonchev–Trinajstić information content (AvgIpc) is 3.52. The molecule has 0 fully saturated rings. The Morgan fingerprint density at radius 1 is 0.921 bits per heavy atom. The summed E-state index contributed by atoms with van der Waals surface area (Å²) in [4.78, 5) is 42.1. The van der Waals surface area contributed by atoms with Crippen LogP contribution in [-0.2, 0) is 16.1 Å². The van der Waals surface area contributed by atoms with Crippen molar-refractivity contribution >= 4 is 23.9 Å². The minimum atomic E-state index is -1.02. The van der Waals surface area contributed by atoms with Gasteiger partial charge < -0.3 is 14.7 Å². The Bertz CT molecular complexity index is 1420. The van der Waals surface area contributed by atoms with Gasteiger partial charge in [0.25, 0.3) is 11.9 Å². The van der Waals surface area contributed by atoms with Crippen molar-refractivity contribution in [1.29, 1.82) is 0 Å². The zero-order valence-corrected chi connectivity index (χ0v) is 20.3. The second-order valence-corrected chi connectivity index (χ2v) is 8.81. The van der Waals surface area contributed by atoms with Crippen molar-refractivity contribution in [2.45, 2.75) is 18.9 Å². The topological polar surface area (TPSA) is 138 Å². The maximum absolute atomic E-state index is 13.0. The number of hydrogen-bond donors (Lipinski definition) is 3. The molecule has 10 nitrogen and oxygen atoms in total. The van der Waals surface area contributed by atoms with Gasteiger partial charge in [0.05, 0.1) is 6.42 Å². The number of carbonyl (C=O) groups is 3. The molecule has 1 heterocycles. The number of carboxylic acids is 1. The molecule has 0 aliphatic heterocycles. The van der Waals surface area contributed by atoms with E-state index < -0.39 is 18.0 Å². The first-order valence-electron chi connectivity index (χ1n) is 12.1. The molecule has 0 radical (unpaired) electrons. The molecule has 0 saturated heterocycles. The molecule has 0 spiro atoms. The smallest absolute Gasteiger partial charge is 0.414 e. The maximum Gasteiger partial charge on any atom is 0.414 e. The molecule has 1 aliphatic rings. The Kier molecular flexibility index (Phi) is 7.12. The zero-order valence-electron chi connectivity index (χ0n) is 20.3. The van der Waals surface area contributed by atoms with Gasteiger partial charge in [-0.15, -0.1) is 5.10 Å². The standard InChI is InChI=1S/C28H25N5O5/c34-24(35)14-15-33(16-18-8-2-1-3-9-18)26(36)25-29-27(32-31-25)30-28(37)38-17-23-21-12-6-4-10-19(21)20-11-5-7-13-22(20)23/h1-13,23H,14-17H2,(H,34,35)(H2,29,30,31,32,37). The largest absolute Gasteiger partial charge is 0.481 e. The third-order valence-electron chi connectivity index (χ3n) is 6.34. The first kappa shape index (κ1) is 24.7. The molecule has 3 N–H and O–H groups in total. The number of amides is 2. The van der Waals surface area contributed by atoms with Crippen molar-refractivity contribution in [3.8, 4) is 11.1 Å². The van der Waals surface area contributed by atoms with Crippen LogP contribution in [0.2, 0.25) is 0 Å². The van der Waals surface area contributed by atoms with Crippen LogP contribution in [0.3, 0.4) is 0 Å². The van der Waals surface area contributed by atoms with Gasteiger partial charge in [-0.3, -0.25) is 20.0 Å². The number of hydrogen-bond acceptors (Lipinski definition) is 6. The summed E-state index contributed by atoms with van der Waals surface area (Å²) in [5, 5.41) is 18.0. The Hall–Kier alpha value is -4.99. The number of nitrogens with zero attached hydrogens (tertiary/aromatic N) is 3. The summed E-state index contributed by atoms with van der Waals surface area (Å²) in [5.41, 5.74) is 5.26. The summed E-state index contributed by atoms with van der Waals surface area (Å²) < 4.78 is 5.50. The van der Waals surface area contributed by atoms with E-state index in [-0.39, 0.29) is 43.8 Å². The molecule has 0 saturated carbocycles. The predicted octanol–water partition coefficient (Wildman–Crippen LogP) is 4.28. The van der Waals surface area contributed by atoms with Crippen LogP contribution in [0.25, 0.3) is 11.1 Å². The van der Waals surface area contributed by atoms with E-state index in [1.807, 2.05) is 66.7 Å². The fourth-order valence-electron chi connectivity index (χ4n) is 4.58. The Morgan fingerprint density at radius 2 is 1.55 bits per heavy atom. The van der Waals surface area contributed by atoms with E-state index in [1.165, 1.54) is 4.90 Å². The van der Waals surface area contributed by atoms with Crippen molar-refractivity contribution in [1.82, 2.24) is 20.1 Å². The minimum absolute atomic E-state index is 0.0150. The number of ether oxygens (including phenoxy) is 1. The molecule has 4 aromatic rings. The Labute approximate surface area is 218 Å². The van der Waals surface area contributed by atoms with Gasteiger partial charge in [0.1, 0.15) is 6.61 Å². The number of aromatic amines is 1. The number of carboxylic acid groups (broad SMARTS) is 1. The normalized spacial score (nSPS) is 11.9. The number of aliphatic carboxylic acids is 1. The van der Waals surface area contributed by atoms with E-state index in [1.54, 1.807) is 0 Å². The summed E-state index contributed by atoms with van der Waals surface area (Å²) in [6.07, 6.45) is -0.978. The van der Waals surface area contributed by atoms with Crippen molar-refractivity contribution in [3.05, 3.63) is 101 Å². The summed E-state index contributed by atoms with van der Waals surface area (Å²) in [6.45, 7) is 0.303. The van der Waals surface area contributed by atoms with Gasteiger partial charge in [-0.2, -0.15) is 4.98 Å². The highest BCUT2D eigenvalue weighted by Gasteiger charge is 2.29. The lowest BCUT2D eigenvalue weighted by atomic mass is 9.98. The monoisotopic (exact) mass is 511 g/mol. The molecule has 1 aliphatic carbocycles. The second-order valence-electron chi connectivity index (χ2n) is 8.81. The highest BCUT2D eigenvalue weighted by atomic mass is 16.5. The second kappa shape index (κ2) is 11.0. The van der Waals surface area contributed by atoms with Gasteiger partial charge >= 0.3 is 12.1 Å². The summed E-state index contributed by atoms with van der Waals surface area (Å²) in [5.74, 6) is -1.91. The van der Waals surface area contributed by atoms with Crippen LogP contribution in [0.4, 0.5) is 10.7 Å². The van der Waals surface area contributed by atoms with Crippen molar-refractivity contribution in [3.63, 3.8) is 0 Å². The molecule has 2 amide bonds. The van der Waals surface area contributed by atoms with Crippen molar-refractivity contribution in [2.75, 3.05) is 18.5 Å². The van der Waals surface area contributed by atoms with Gasteiger partial charge in [-0.1, -0.05) is 78.9 Å². The first-order valence-corrected chi connectivity index (χ1v) is 12.1. The quantitative estimate of drug-likeness (QED) is 0.305. The summed E-state index contributed by atoms with van der Waals surface area (Å²) in [7, 11) is 0. The van der Waals surface area contributed by atoms with Gasteiger partial charge in [0, 0.05) is 19.0 Å². The summed E-state index contributed by atoms with van der Waals surface area (Å²) in [6, 6.07) is 25.2. The van der Waals surface area contributed by atoms with Gasteiger partial charge in [-0.25, -0.2) is 4.79 Å². The fraction of sp³-hybridized carbons (Fsp3) is 0.179. The number of fused-ring (bicyclic) bond motifs is 3. The van der Waals surface area contributed by atoms with Crippen LogP contribution in [-0.4, -0.2) is 56.3 Å². The van der Waals surface area contributed by atoms with Gasteiger partial charge in [-0.05, 0) is 27.8 Å². The van der Waals surface area contributed by atoms with Gasteiger partial charge in [0.15, 0.2) is 0 Å². The van der Waals surface area contributed by atoms with Crippen LogP contribution in [0, 0.1) is 0 Å². The molecule has 0 bridgehead atoms. The molecule has 10 heteroatoms. The number of H-pyrrole nitrogens is 1. The van der Waals surface area contributed by atoms with E-state index in [2.05, 4.69) is 32.6 Å². The van der Waals surface area contributed by atoms with E-state index in [4.69, 9.17) is 9.84 Å². The maximum atomic E-state index is 13.0. The van der Waals surface area contributed by atoms with Crippen molar-refractivity contribution in [2.24, 2.45) is 0 Å². The van der Waals surface area contributed by atoms with Crippen LogP contribution >= 0.6 is 0 Å². The number of rotatable bonds is 9. The summed E-state index contributed by atoms with van der Waals surface area (Å²) >= 11 is 0. The van der Waals surface area contributed by atoms with Crippen LogP contribution in [0.1, 0.15) is 39.6 Å². The molecule has 3 aromatic carbocycles. The van der Waals surface area contributed by atoms with E-state index in [0.717, 1.165) is 27.8 Å². The number of carbonyl (C=O) groups excluding carboxylic acids is 2. The number of benzene rings is 3. The Morgan fingerprint density at radius 3 is 2.21 bits per heavy atom. The molecule has 0 unspecified atom stereocenters. The average molecular weight is 512 g/mol. The number of aromatic nitrogens is 3. The Balaban J connectivity index is 1.22. The molecule has 38 heavy (non-hydrogen) atoms. The lowest BCUT2D eigenvalue weighted by Gasteiger charge is -2.20. The van der Waals surface area contributed by atoms with Crippen LogP contribution < -0.4 is 5.32 Å². The molecule has 192 valence electrons. The molecule has 0 atom stereocenters. The van der Waals surface area contributed by atoms with Crippen LogP contribution in [0.5, 0.6) is 0 Å². The lowest BCUT2D eigenvalue weighted by Crippen LogP contribution is -2.33. The highest BCUT2D eigenvalue weighted by Crippen LogP contribution is 2.44. The van der Waals surface area contributed by atoms with E-state index in [9.17, 15) is 14.4 Å². The first-order chi connectivity index (χ1) is 18.5. The SMILES string of the molecule is O=C(O)CCN(Cc1ccccc1)C(=O)c1nc(NC(=O)OCC2c3ccccc3-c3ccccc32)n[nH]1. The molecular weight excluding hydrogens is 486 g/mol. The lowest BCUT2D eigenvalue weighted by molar-refractivity contribution is -0.137. The van der Waals surface area contributed by atoms with Crippen molar-refractivity contribution < 1.29 is 24.2 Å². The number of anilines is 1. The predicted molar refractivity (Wildman–Crippen MR) is 139 cm³/mol. The fourth-order valence-corrected chi connectivity index (χ4v) is 4.58. The third-order valence-corrected chi connectivity index (χ3v) is 6.34. The highest BCUT2D eigenvalue weighted by molar-refractivity contribution is 5.91. The molecular formula is C28H25N5O5. The van der Waals surface area contributed by atoms with E-state index in [0.29, 0.717) is 0 Å². The number of nitrogens with one attached hydrogen (secondary N) is 2. The third kappa shape index (κ3) is 5.39. The van der Waals surface area contributed by atoms with E-state index >= 15 is 0 Å². The molecule has 5 rings (SSSR count). The molecule has 1 aromatic heterocycles. The van der Waals surface area contributed by atoms with Crippen LogP contribution in [0.15, 0.2) is 78.9 Å². The zero-order chi connectivity index (χ0) is 26.5.